The minimum atomic E-state index is -1.36. The maximum Gasteiger partial charge on any atom is 0.343 e. The van der Waals surface area contributed by atoms with E-state index < -0.39 is 23.0 Å². The van der Waals surface area contributed by atoms with Gasteiger partial charge >= 0.3 is 5.97 Å². The topological polar surface area (TPSA) is 107 Å². The molecular formula is C17H24O6. The van der Waals surface area contributed by atoms with Crippen molar-refractivity contribution in [3.05, 3.63) is 22.8 Å². The van der Waals surface area contributed by atoms with E-state index in [2.05, 4.69) is 0 Å². The van der Waals surface area contributed by atoms with Crippen molar-refractivity contribution in [2.24, 2.45) is 0 Å². The number of hydrogen-bond acceptors (Lipinski definition) is 5. The zero-order valence-corrected chi connectivity index (χ0v) is 13.3. The highest BCUT2D eigenvalue weighted by Crippen LogP contribution is 2.37. The summed E-state index contributed by atoms with van der Waals surface area (Å²) < 4.78 is 5.70. The van der Waals surface area contributed by atoms with Gasteiger partial charge < -0.3 is 25.2 Å². The Kier molecular flexibility index (Phi) is 5.85. The summed E-state index contributed by atoms with van der Waals surface area (Å²) >= 11 is 0. The van der Waals surface area contributed by atoms with Gasteiger partial charge in [-0.2, -0.15) is 0 Å². The van der Waals surface area contributed by atoms with E-state index >= 15 is 0 Å². The first kappa shape index (κ1) is 17.6. The van der Waals surface area contributed by atoms with Crippen LogP contribution in [0.5, 0.6) is 11.5 Å². The van der Waals surface area contributed by atoms with Crippen LogP contribution < -0.4 is 0 Å². The number of ether oxygens (including phenoxy) is 1. The summed E-state index contributed by atoms with van der Waals surface area (Å²) in [4.78, 5) is 11.1. The molecule has 2 rings (SSSR count). The number of phenols is 2. The van der Waals surface area contributed by atoms with Crippen LogP contribution in [0.3, 0.4) is 0 Å². The predicted molar refractivity (Wildman–Crippen MR) is 83.8 cm³/mol. The number of carbonyl (C=O) groups is 1. The summed E-state index contributed by atoms with van der Waals surface area (Å²) in [6.45, 7) is 1.94. The molecule has 0 amide bonds. The third-order valence-corrected chi connectivity index (χ3v) is 4.25. The minimum absolute atomic E-state index is 0.00327. The fourth-order valence-corrected chi connectivity index (χ4v) is 2.98. The first-order valence-electron chi connectivity index (χ1n) is 7.99. The summed E-state index contributed by atoms with van der Waals surface area (Å²) in [5.41, 5.74) is 0.722. The Morgan fingerprint density at radius 2 is 2.09 bits per heavy atom. The Balaban J connectivity index is 1.95. The standard InChI is InChI=1S/C17H24O6/c1-10(18)5-3-2-4-6-12-7-11-8-14(19)15(17(21)22)16(20)13(11)9-23-12/h8,10,12,18-20H,2-7,9H2,1H3,(H,21,22)/t10-,12+/m1/s1. The van der Waals surface area contributed by atoms with E-state index in [0.29, 0.717) is 12.0 Å². The molecule has 1 aliphatic heterocycles. The van der Waals surface area contributed by atoms with Gasteiger partial charge in [0.2, 0.25) is 0 Å². The smallest absolute Gasteiger partial charge is 0.343 e. The SMILES string of the molecule is C[C@@H](O)CCCCC[C@H]1Cc2cc(O)c(C(=O)O)c(O)c2CO1. The van der Waals surface area contributed by atoms with Gasteiger partial charge in [-0.15, -0.1) is 0 Å². The lowest BCUT2D eigenvalue weighted by Gasteiger charge is -2.26. The van der Waals surface area contributed by atoms with Gasteiger partial charge in [-0.1, -0.05) is 19.3 Å². The molecule has 2 atom stereocenters. The molecule has 6 nitrogen and oxygen atoms in total. The fourth-order valence-electron chi connectivity index (χ4n) is 2.98. The number of aromatic hydroxyl groups is 2. The summed E-state index contributed by atoms with van der Waals surface area (Å²) in [5, 5.41) is 38.1. The molecule has 0 spiro atoms. The first-order valence-corrected chi connectivity index (χ1v) is 7.99. The second-order valence-electron chi connectivity index (χ2n) is 6.19. The predicted octanol–water partition coefficient (Wildman–Crippen LogP) is 2.57. The molecule has 4 N–H and O–H groups in total. The van der Waals surface area contributed by atoms with Crippen LogP contribution in [-0.2, 0) is 17.8 Å². The van der Waals surface area contributed by atoms with Gasteiger partial charge in [0.15, 0.2) is 0 Å². The zero-order chi connectivity index (χ0) is 17.0. The molecule has 23 heavy (non-hydrogen) atoms. The van der Waals surface area contributed by atoms with Crippen molar-refractivity contribution in [1.29, 1.82) is 0 Å². The normalized spacial score (nSPS) is 18.4. The largest absolute Gasteiger partial charge is 0.507 e. The van der Waals surface area contributed by atoms with Crippen molar-refractivity contribution in [2.45, 2.75) is 64.3 Å². The maximum atomic E-state index is 11.1. The number of rotatable bonds is 7. The third-order valence-electron chi connectivity index (χ3n) is 4.25. The molecule has 1 heterocycles. The van der Waals surface area contributed by atoms with Gasteiger partial charge in [-0.05, 0) is 37.8 Å². The molecule has 6 heteroatoms. The third kappa shape index (κ3) is 4.36. The number of hydrogen-bond donors (Lipinski definition) is 4. The van der Waals surface area contributed by atoms with E-state index in [1.54, 1.807) is 6.92 Å². The number of aliphatic hydroxyl groups is 1. The number of carboxylic acid groups (broad SMARTS) is 1. The van der Waals surface area contributed by atoms with Crippen molar-refractivity contribution in [3.63, 3.8) is 0 Å². The molecule has 0 saturated heterocycles. The summed E-state index contributed by atoms with van der Waals surface area (Å²) in [7, 11) is 0. The van der Waals surface area contributed by atoms with Crippen LogP contribution in [0.25, 0.3) is 0 Å². The van der Waals surface area contributed by atoms with Gasteiger partial charge in [0.05, 0.1) is 18.8 Å². The molecule has 128 valence electrons. The Labute approximate surface area is 135 Å². The summed E-state index contributed by atoms with van der Waals surface area (Å²) in [5.74, 6) is -2.17. The molecule has 0 radical (unpaired) electrons. The maximum absolute atomic E-state index is 11.1. The lowest BCUT2D eigenvalue weighted by Crippen LogP contribution is -2.23. The highest BCUT2D eigenvalue weighted by molar-refractivity contribution is 5.94. The highest BCUT2D eigenvalue weighted by atomic mass is 16.5. The van der Waals surface area contributed by atoms with Crippen molar-refractivity contribution in [1.82, 2.24) is 0 Å². The molecular weight excluding hydrogens is 300 g/mol. The van der Waals surface area contributed by atoms with E-state index in [0.717, 1.165) is 37.7 Å². The summed E-state index contributed by atoms with van der Waals surface area (Å²) in [6.07, 6.45) is 4.93. The fraction of sp³-hybridized carbons (Fsp3) is 0.588. The molecule has 1 aromatic rings. The lowest BCUT2D eigenvalue weighted by atomic mass is 9.93. The number of carboxylic acids is 1. The van der Waals surface area contributed by atoms with Crippen molar-refractivity contribution in [2.75, 3.05) is 0 Å². The van der Waals surface area contributed by atoms with Crippen LogP contribution in [0.1, 0.15) is 60.5 Å². The van der Waals surface area contributed by atoms with Crippen LogP contribution in [0, 0.1) is 0 Å². The summed E-state index contributed by atoms with van der Waals surface area (Å²) in [6, 6.07) is 1.42. The Hall–Kier alpha value is -1.79. The van der Waals surface area contributed by atoms with Gasteiger partial charge in [0.25, 0.3) is 0 Å². The van der Waals surface area contributed by atoms with Gasteiger partial charge in [0, 0.05) is 5.56 Å². The van der Waals surface area contributed by atoms with Crippen LogP contribution in [-0.4, -0.2) is 38.6 Å². The van der Waals surface area contributed by atoms with E-state index in [1.165, 1.54) is 6.07 Å². The van der Waals surface area contributed by atoms with Crippen LogP contribution in [0.2, 0.25) is 0 Å². The average Bonchev–Trinajstić information content (AvgIpc) is 2.45. The molecule has 1 aromatic carbocycles. The zero-order valence-electron chi connectivity index (χ0n) is 13.3. The molecule has 0 aromatic heterocycles. The second kappa shape index (κ2) is 7.66. The average molecular weight is 324 g/mol. The second-order valence-corrected chi connectivity index (χ2v) is 6.19. The molecule has 0 aliphatic carbocycles. The number of unbranched alkanes of at least 4 members (excludes halogenated alkanes) is 2. The van der Waals surface area contributed by atoms with E-state index in [-0.39, 0.29) is 18.8 Å². The van der Waals surface area contributed by atoms with E-state index in [4.69, 9.17) is 9.84 Å². The van der Waals surface area contributed by atoms with Crippen molar-refractivity contribution in [3.8, 4) is 11.5 Å². The van der Waals surface area contributed by atoms with E-state index in [1.807, 2.05) is 0 Å². The first-order chi connectivity index (χ1) is 10.9. The quantitative estimate of drug-likeness (QED) is 0.574. The van der Waals surface area contributed by atoms with Crippen molar-refractivity contribution < 1.29 is 30.0 Å². The molecule has 0 fully saturated rings. The van der Waals surface area contributed by atoms with Gasteiger partial charge in [-0.25, -0.2) is 4.79 Å². The Bertz CT molecular complexity index is 567. The van der Waals surface area contributed by atoms with Crippen molar-refractivity contribution >= 4 is 5.97 Å². The number of fused-ring (bicyclic) bond motifs is 1. The lowest BCUT2D eigenvalue weighted by molar-refractivity contribution is 0.0201. The highest BCUT2D eigenvalue weighted by Gasteiger charge is 2.27. The van der Waals surface area contributed by atoms with Crippen LogP contribution in [0.15, 0.2) is 6.07 Å². The molecule has 0 unspecified atom stereocenters. The number of aliphatic hydroxyl groups excluding tert-OH is 1. The van der Waals surface area contributed by atoms with Gasteiger partial charge in [-0.3, -0.25) is 0 Å². The number of benzene rings is 1. The number of aromatic carboxylic acids is 1. The molecule has 0 bridgehead atoms. The molecule has 0 saturated carbocycles. The molecule has 1 aliphatic rings. The Morgan fingerprint density at radius 3 is 2.74 bits per heavy atom. The Morgan fingerprint density at radius 1 is 1.35 bits per heavy atom. The van der Waals surface area contributed by atoms with Crippen LogP contribution >= 0.6 is 0 Å². The van der Waals surface area contributed by atoms with E-state index in [9.17, 15) is 20.1 Å². The minimum Gasteiger partial charge on any atom is -0.507 e. The van der Waals surface area contributed by atoms with Gasteiger partial charge in [0.1, 0.15) is 17.1 Å². The monoisotopic (exact) mass is 324 g/mol. The van der Waals surface area contributed by atoms with Crippen LogP contribution in [0.4, 0.5) is 0 Å².